The van der Waals surface area contributed by atoms with Gasteiger partial charge in [-0.25, -0.2) is 0 Å². The lowest BCUT2D eigenvalue weighted by atomic mass is 10.1. The summed E-state index contributed by atoms with van der Waals surface area (Å²) >= 11 is 0. The number of ketones is 1. The number of aliphatic hydroxyl groups is 1. The number of nitrogens with one attached hydrogen (secondary N) is 1. The Morgan fingerprint density at radius 3 is 2.35 bits per heavy atom. The van der Waals surface area contributed by atoms with Crippen molar-refractivity contribution in [3.05, 3.63) is 0 Å². The van der Waals surface area contributed by atoms with Crippen molar-refractivity contribution >= 4 is 17.6 Å². The summed E-state index contributed by atoms with van der Waals surface area (Å²) < 4.78 is 0. The van der Waals surface area contributed by atoms with Gasteiger partial charge in [0.1, 0.15) is 5.78 Å². The summed E-state index contributed by atoms with van der Waals surface area (Å²) in [6.45, 7) is 3.59. The van der Waals surface area contributed by atoms with Gasteiger partial charge < -0.3 is 15.3 Å². The van der Waals surface area contributed by atoms with E-state index in [0.29, 0.717) is 25.9 Å². The minimum atomic E-state index is -0.821. The van der Waals surface area contributed by atoms with Crippen LogP contribution in [0.4, 0.5) is 0 Å². The van der Waals surface area contributed by atoms with Crippen molar-refractivity contribution in [1.29, 1.82) is 0 Å². The fourth-order valence-electron chi connectivity index (χ4n) is 1.50. The number of piperidine rings is 1. The van der Waals surface area contributed by atoms with Crippen molar-refractivity contribution in [2.24, 2.45) is 0 Å². The Kier molecular flexibility index (Phi) is 4.22. The maximum Gasteiger partial charge on any atom is 0.311 e. The molecule has 0 aromatic rings. The van der Waals surface area contributed by atoms with Gasteiger partial charge in [-0.05, 0) is 13.8 Å². The minimum absolute atomic E-state index is 0.116. The predicted octanol–water partition coefficient (Wildman–Crippen LogP) is -0.935. The number of carbonyl (C=O) groups is 3. The zero-order valence-corrected chi connectivity index (χ0v) is 10.2. The first-order chi connectivity index (χ1) is 7.85. The van der Waals surface area contributed by atoms with Crippen LogP contribution in [0, 0.1) is 0 Å². The van der Waals surface area contributed by atoms with Gasteiger partial charge in [-0.15, -0.1) is 0 Å². The van der Waals surface area contributed by atoms with E-state index in [2.05, 4.69) is 5.32 Å². The monoisotopic (exact) mass is 242 g/mol. The van der Waals surface area contributed by atoms with E-state index in [9.17, 15) is 14.4 Å². The van der Waals surface area contributed by atoms with Crippen LogP contribution in [0.15, 0.2) is 0 Å². The second kappa shape index (κ2) is 5.27. The van der Waals surface area contributed by atoms with Gasteiger partial charge in [0.2, 0.25) is 0 Å². The van der Waals surface area contributed by atoms with Gasteiger partial charge >= 0.3 is 11.8 Å². The molecule has 0 saturated carbocycles. The van der Waals surface area contributed by atoms with Crippen LogP contribution in [0.3, 0.4) is 0 Å². The van der Waals surface area contributed by atoms with Crippen LogP contribution in [-0.4, -0.2) is 52.8 Å². The van der Waals surface area contributed by atoms with Crippen LogP contribution in [0.1, 0.15) is 26.7 Å². The molecule has 2 amide bonds. The summed E-state index contributed by atoms with van der Waals surface area (Å²) in [4.78, 5) is 35.7. The maximum absolute atomic E-state index is 11.7. The Bertz CT molecular complexity index is 328. The molecule has 6 nitrogen and oxygen atoms in total. The highest BCUT2D eigenvalue weighted by Gasteiger charge is 2.29. The van der Waals surface area contributed by atoms with Crippen molar-refractivity contribution in [2.75, 3.05) is 19.7 Å². The molecule has 0 unspecified atom stereocenters. The molecule has 1 heterocycles. The fraction of sp³-hybridized carbons (Fsp3) is 0.727. The highest BCUT2D eigenvalue weighted by Crippen LogP contribution is 2.07. The average Bonchev–Trinajstić information content (AvgIpc) is 2.28. The molecule has 1 saturated heterocycles. The van der Waals surface area contributed by atoms with Crippen molar-refractivity contribution in [3.8, 4) is 0 Å². The third-order valence-corrected chi connectivity index (χ3v) is 2.65. The van der Waals surface area contributed by atoms with Crippen LogP contribution in [0.2, 0.25) is 0 Å². The molecule has 1 aliphatic heterocycles. The van der Waals surface area contributed by atoms with Crippen LogP contribution in [0.25, 0.3) is 0 Å². The number of Topliss-reactive ketones (excluding diaryl/α,β-unsaturated/α-hetero) is 1. The standard InChI is InChI=1S/C11H18N2O4/c1-11(2,7-14)12-9(16)10(17)13-5-3-8(15)4-6-13/h14H,3-7H2,1-2H3,(H,12,16). The molecule has 1 aliphatic rings. The Morgan fingerprint density at radius 2 is 1.88 bits per heavy atom. The quantitative estimate of drug-likeness (QED) is 0.612. The van der Waals surface area contributed by atoms with E-state index in [-0.39, 0.29) is 12.4 Å². The van der Waals surface area contributed by atoms with Crippen LogP contribution in [-0.2, 0) is 14.4 Å². The topological polar surface area (TPSA) is 86.7 Å². The fourth-order valence-corrected chi connectivity index (χ4v) is 1.50. The highest BCUT2D eigenvalue weighted by molar-refractivity contribution is 6.35. The van der Waals surface area contributed by atoms with Crippen LogP contribution >= 0.6 is 0 Å². The largest absolute Gasteiger partial charge is 0.394 e. The Balaban J connectivity index is 2.52. The van der Waals surface area contributed by atoms with E-state index in [1.807, 2.05) is 0 Å². The van der Waals surface area contributed by atoms with Gasteiger partial charge in [0.05, 0.1) is 12.1 Å². The van der Waals surface area contributed by atoms with Gasteiger partial charge in [-0.3, -0.25) is 14.4 Å². The van der Waals surface area contributed by atoms with Crippen molar-refractivity contribution in [1.82, 2.24) is 10.2 Å². The molecular formula is C11H18N2O4. The molecule has 1 rings (SSSR count). The SMILES string of the molecule is CC(C)(CO)NC(=O)C(=O)N1CCC(=O)CC1. The summed E-state index contributed by atoms with van der Waals surface area (Å²) in [5, 5.41) is 11.4. The first-order valence-corrected chi connectivity index (χ1v) is 5.60. The summed E-state index contributed by atoms with van der Waals surface area (Å²) in [7, 11) is 0. The Hall–Kier alpha value is -1.43. The molecule has 0 bridgehead atoms. The lowest BCUT2D eigenvalue weighted by molar-refractivity contribution is -0.148. The van der Waals surface area contributed by atoms with E-state index in [4.69, 9.17) is 5.11 Å². The summed E-state index contributed by atoms with van der Waals surface area (Å²) in [6, 6.07) is 0. The Labute approximate surface area is 100.0 Å². The van der Waals surface area contributed by atoms with Crippen LogP contribution in [0.5, 0.6) is 0 Å². The minimum Gasteiger partial charge on any atom is -0.394 e. The van der Waals surface area contributed by atoms with E-state index in [1.54, 1.807) is 13.8 Å². The number of rotatable bonds is 2. The number of hydrogen-bond donors (Lipinski definition) is 2. The smallest absolute Gasteiger partial charge is 0.311 e. The zero-order valence-electron chi connectivity index (χ0n) is 10.2. The maximum atomic E-state index is 11.7. The second-order valence-corrected chi connectivity index (χ2v) is 4.83. The zero-order chi connectivity index (χ0) is 13.1. The third-order valence-electron chi connectivity index (χ3n) is 2.65. The van der Waals surface area contributed by atoms with E-state index >= 15 is 0 Å². The van der Waals surface area contributed by atoms with Crippen LogP contribution < -0.4 is 5.32 Å². The van der Waals surface area contributed by atoms with Crippen molar-refractivity contribution in [3.63, 3.8) is 0 Å². The van der Waals surface area contributed by atoms with Crippen molar-refractivity contribution in [2.45, 2.75) is 32.2 Å². The normalized spacial score (nSPS) is 16.9. The van der Waals surface area contributed by atoms with Gasteiger partial charge in [0.15, 0.2) is 0 Å². The number of likely N-dealkylation sites (tertiary alicyclic amines) is 1. The molecule has 0 spiro atoms. The number of nitrogens with zero attached hydrogens (tertiary/aromatic N) is 1. The van der Waals surface area contributed by atoms with Gasteiger partial charge in [0, 0.05) is 25.9 Å². The average molecular weight is 242 g/mol. The molecule has 1 fully saturated rings. The van der Waals surface area contributed by atoms with Gasteiger partial charge in [-0.1, -0.05) is 0 Å². The number of carbonyl (C=O) groups excluding carboxylic acids is 3. The lowest BCUT2D eigenvalue weighted by Gasteiger charge is -2.28. The number of hydrogen-bond acceptors (Lipinski definition) is 4. The van der Waals surface area contributed by atoms with E-state index in [1.165, 1.54) is 4.90 Å². The summed E-state index contributed by atoms with van der Waals surface area (Å²) in [5.41, 5.74) is -0.821. The second-order valence-electron chi connectivity index (χ2n) is 4.83. The molecular weight excluding hydrogens is 224 g/mol. The number of amides is 2. The van der Waals surface area contributed by atoms with Gasteiger partial charge in [-0.2, -0.15) is 0 Å². The summed E-state index contributed by atoms with van der Waals surface area (Å²) in [6.07, 6.45) is 0.616. The van der Waals surface area contributed by atoms with E-state index in [0.717, 1.165) is 0 Å². The van der Waals surface area contributed by atoms with E-state index < -0.39 is 17.4 Å². The molecule has 96 valence electrons. The molecule has 2 N–H and O–H groups in total. The first-order valence-electron chi connectivity index (χ1n) is 5.60. The lowest BCUT2D eigenvalue weighted by Crippen LogP contribution is -2.53. The number of aliphatic hydroxyl groups excluding tert-OH is 1. The molecule has 0 aliphatic carbocycles. The molecule has 0 aromatic carbocycles. The Morgan fingerprint density at radius 1 is 1.35 bits per heavy atom. The first kappa shape index (κ1) is 13.6. The predicted molar refractivity (Wildman–Crippen MR) is 60.1 cm³/mol. The molecule has 0 atom stereocenters. The molecule has 0 radical (unpaired) electrons. The van der Waals surface area contributed by atoms with Crippen molar-refractivity contribution < 1.29 is 19.5 Å². The molecule has 17 heavy (non-hydrogen) atoms. The third kappa shape index (κ3) is 3.81. The molecule has 6 heteroatoms. The summed E-state index contributed by atoms with van der Waals surface area (Å²) in [5.74, 6) is -1.26. The highest BCUT2D eigenvalue weighted by atomic mass is 16.3. The molecule has 0 aromatic heterocycles. The van der Waals surface area contributed by atoms with Gasteiger partial charge in [0.25, 0.3) is 0 Å².